The van der Waals surface area contributed by atoms with E-state index in [1.54, 1.807) is 0 Å². The van der Waals surface area contributed by atoms with Gasteiger partial charge in [-0.25, -0.2) is 4.79 Å². The normalized spacial score (nSPS) is 11.5. The highest BCUT2D eigenvalue weighted by Gasteiger charge is 2.29. The van der Waals surface area contributed by atoms with Crippen molar-refractivity contribution in [2.75, 3.05) is 0 Å². The van der Waals surface area contributed by atoms with Crippen LogP contribution in [0.25, 0.3) is 11.1 Å². The predicted octanol–water partition coefficient (Wildman–Crippen LogP) is 3.99. The highest BCUT2D eigenvalue weighted by atomic mass is 32.2. The second-order valence-corrected chi connectivity index (χ2v) is 4.80. The maximum absolute atomic E-state index is 12.2. The molecule has 0 spiro atoms. The van der Waals surface area contributed by atoms with Crippen LogP contribution < -0.4 is 0 Å². The van der Waals surface area contributed by atoms with Crippen LogP contribution >= 0.6 is 11.8 Å². The topological polar surface area (TPSA) is 53.1 Å². The standard InChI is InChI=1S/C12H8F3NO2S/c13-12(14,15)19-8-3-1-7(2-4-8)9-5-16-6-10(9)11(17)18/h1-6,16H,(H,17,18). The zero-order valence-corrected chi connectivity index (χ0v) is 10.2. The zero-order valence-electron chi connectivity index (χ0n) is 9.36. The van der Waals surface area contributed by atoms with Crippen molar-refractivity contribution in [3.63, 3.8) is 0 Å². The van der Waals surface area contributed by atoms with Gasteiger partial charge in [-0.1, -0.05) is 12.1 Å². The maximum atomic E-state index is 12.2. The number of benzene rings is 1. The lowest BCUT2D eigenvalue weighted by molar-refractivity contribution is -0.0328. The Kier molecular flexibility index (Phi) is 3.57. The zero-order chi connectivity index (χ0) is 14.0. The second-order valence-electron chi connectivity index (χ2n) is 3.66. The Morgan fingerprint density at radius 3 is 2.32 bits per heavy atom. The molecule has 1 aromatic carbocycles. The lowest BCUT2D eigenvalue weighted by atomic mass is 10.1. The molecule has 7 heteroatoms. The van der Waals surface area contributed by atoms with Gasteiger partial charge < -0.3 is 10.1 Å². The molecule has 0 amide bonds. The van der Waals surface area contributed by atoms with Gasteiger partial charge >= 0.3 is 11.5 Å². The van der Waals surface area contributed by atoms with Crippen molar-refractivity contribution in [2.45, 2.75) is 10.4 Å². The third-order valence-electron chi connectivity index (χ3n) is 2.37. The van der Waals surface area contributed by atoms with E-state index in [9.17, 15) is 18.0 Å². The number of aromatic carboxylic acids is 1. The van der Waals surface area contributed by atoms with Crippen molar-refractivity contribution in [3.8, 4) is 11.1 Å². The van der Waals surface area contributed by atoms with Crippen molar-refractivity contribution >= 4 is 17.7 Å². The summed E-state index contributed by atoms with van der Waals surface area (Å²) in [6, 6.07) is 5.55. The van der Waals surface area contributed by atoms with E-state index < -0.39 is 11.5 Å². The first-order valence-corrected chi connectivity index (χ1v) is 5.95. The van der Waals surface area contributed by atoms with E-state index in [4.69, 9.17) is 5.11 Å². The fraction of sp³-hybridized carbons (Fsp3) is 0.0833. The van der Waals surface area contributed by atoms with Crippen LogP contribution in [-0.2, 0) is 0 Å². The van der Waals surface area contributed by atoms with Gasteiger partial charge in [-0.2, -0.15) is 13.2 Å². The third kappa shape index (κ3) is 3.31. The van der Waals surface area contributed by atoms with Gasteiger partial charge in [0.05, 0.1) is 5.56 Å². The van der Waals surface area contributed by atoms with E-state index >= 15 is 0 Å². The van der Waals surface area contributed by atoms with Crippen molar-refractivity contribution in [1.82, 2.24) is 4.98 Å². The smallest absolute Gasteiger partial charge is 0.446 e. The van der Waals surface area contributed by atoms with E-state index in [1.807, 2.05) is 0 Å². The quantitative estimate of drug-likeness (QED) is 0.839. The first kappa shape index (κ1) is 13.5. The minimum absolute atomic E-state index is 0.0589. The number of aromatic amines is 1. The molecule has 0 radical (unpaired) electrons. The van der Waals surface area contributed by atoms with Crippen LogP contribution in [-0.4, -0.2) is 21.6 Å². The summed E-state index contributed by atoms with van der Waals surface area (Å²) < 4.78 is 36.5. The molecule has 0 fully saturated rings. The number of carbonyl (C=O) groups is 1. The molecule has 0 aliphatic carbocycles. The molecule has 0 bridgehead atoms. The van der Waals surface area contributed by atoms with Gasteiger partial charge in [0.25, 0.3) is 0 Å². The highest BCUT2D eigenvalue weighted by molar-refractivity contribution is 8.00. The van der Waals surface area contributed by atoms with E-state index in [0.717, 1.165) is 0 Å². The molecular weight excluding hydrogens is 279 g/mol. The number of alkyl halides is 3. The van der Waals surface area contributed by atoms with E-state index in [1.165, 1.54) is 36.7 Å². The van der Waals surface area contributed by atoms with Gasteiger partial charge in [-0.05, 0) is 29.5 Å². The number of carboxylic acids is 1. The lowest BCUT2D eigenvalue weighted by Gasteiger charge is -2.06. The fourth-order valence-electron chi connectivity index (χ4n) is 1.62. The van der Waals surface area contributed by atoms with Crippen LogP contribution in [0.4, 0.5) is 13.2 Å². The second kappa shape index (κ2) is 5.00. The van der Waals surface area contributed by atoms with Crippen LogP contribution in [0, 0.1) is 0 Å². The van der Waals surface area contributed by atoms with Crippen LogP contribution in [0.2, 0.25) is 0 Å². The van der Waals surface area contributed by atoms with Crippen LogP contribution in [0.3, 0.4) is 0 Å². The van der Waals surface area contributed by atoms with Gasteiger partial charge in [-0.3, -0.25) is 0 Å². The third-order valence-corrected chi connectivity index (χ3v) is 3.11. The molecule has 2 aromatic rings. The average molecular weight is 287 g/mol. The van der Waals surface area contributed by atoms with Crippen LogP contribution in [0.5, 0.6) is 0 Å². The summed E-state index contributed by atoms with van der Waals surface area (Å²) in [5, 5.41) is 8.95. The summed E-state index contributed by atoms with van der Waals surface area (Å²) in [6.45, 7) is 0. The molecule has 0 aliphatic rings. The number of carboxylic acid groups (broad SMARTS) is 1. The van der Waals surface area contributed by atoms with Crippen LogP contribution in [0.1, 0.15) is 10.4 Å². The summed E-state index contributed by atoms with van der Waals surface area (Å²) >= 11 is -0.207. The molecule has 19 heavy (non-hydrogen) atoms. The molecule has 1 aromatic heterocycles. The Morgan fingerprint density at radius 2 is 1.79 bits per heavy atom. The average Bonchev–Trinajstić information content (AvgIpc) is 2.76. The van der Waals surface area contributed by atoms with Gasteiger partial charge in [0.1, 0.15) is 0 Å². The summed E-state index contributed by atoms with van der Waals surface area (Å²) in [4.78, 5) is 13.7. The molecule has 0 saturated carbocycles. The Labute approximate surface area is 110 Å². The van der Waals surface area contributed by atoms with Gasteiger partial charge in [-0.15, -0.1) is 0 Å². The molecule has 1 heterocycles. The molecule has 100 valence electrons. The monoisotopic (exact) mass is 287 g/mol. The number of thioether (sulfide) groups is 1. The van der Waals surface area contributed by atoms with Gasteiger partial charge in [0, 0.05) is 22.9 Å². The Balaban J connectivity index is 2.28. The number of halogens is 3. The largest absolute Gasteiger partial charge is 0.478 e. The number of hydrogen-bond acceptors (Lipinski definition) is 2. The van der Waals surface area contributed by atoms with Crippen molar-refractivity contribution in [1.29, 1.82) is 0 Å². The summed E-state index contributed by atoms with van der Waals surface area (Å²) in [5.41, 5.74) is -3.26. The molecule has 0 unspecified atom stereocenters. The molecule has 0 atom stereocenters. The molecule has 3 nitrogen and oxygen atoms in total. The lowest BCUT2D eigenvalue weighted by Crippen LogP contribution is -1.99. The molecular formula is C12H8F3NO2S. The number of rotatable bonds is 3. The molecule has 2 rings (SSSR count). The summed E-state index contributed by atoms with van der Waals surface area (Å²) in [6.07, 6.45) is 2.82. The Morgan fingerprint density at radius 1 is 1.16 bits per heavy atom. The minimum atomic E-state index is -4.33. The van der Waals surface area contributed by atoms with E-state index in [2.05, 4.69) is 4.98 Å². The minimum Gasteiger partial charge on any atom is -0.478 e. The van der Waals surface area contributed by atoms with Gasteiger partial charge in [0.2, 0.25) is 0 Å². The summed E-state index contributed by atoms with van der Waals surface area (Å²) in [7, 11) is 0. The molecule has 2 N–H and O–H groups in total. The summed E-state index contributed by atoms with van der Waals surface area (Å²) in [5.74, 6) is -1.09. The van der Waals surface area contributed by atoms with Crippen LogP contribution in [0.15, 0.2) is 41.6 Å². The maximum Gasteiger partial charge on any atom is 0.446 e. The molecule has 0 aliphatic heterocycles. The SMILES string of the molecule is O=C(O)c1c[nH]cc1-c1ccc(SC(F)(F)F)cc1. The highest BCUT2D eigenvalue weighted by Crippen LogP contribution is 2.37. The van der Waals surface area contributed by atoms with E-state index in [0.29, 0.717) is 11.1 Å². The number of nitrogens with one attached hydrogen (secondary N) is 1. The Bertz CT molecular complexity index is 590. The predicted molar refractivity (Wildman–Crippen MR) is 65.1 cm³/mol. The first-order chi connectivity index (χ1) is 8.87. The molecule has 0 saturated heterocycles. The van der Waals surface area contributed by atoms with E-state index in [-0.39, 0.29) is 22.2 Å². The number of H-pyrrole nitrogens is 1. The first-order valence-electron chi connectivity index (χ1n) is 5.13. The fourth-order valence-corrected chi connectivity index (χ4v) is 2.16. The van der Waals surface area contributed by atoms with Crippen molar-refractivity contribution in [3.05, 3.63) is 42.2 Å². The van der Waals surface area contributed by atoms with Gasteiger partial charge in [0.15, 0.2) is 0 Å². The number of aromatic nitrogens is 1. The Hall–Kier alpha value is -1.89. The number of hydrogen-bond donors (Lipinski definition) is 2. The van der Waals surface area contributed by atoms with Crippen molar-refractivity contribution < 1.29 is 23.1 Å². The van der Waals surface area contributed by atoms with Crippen molar-refractivity contribution in [2.24, 2.45) is 0 Å².